The Kier molecular flexibility index (Phi) is 4.83. The fourth-order valence-electron chi connectivity index (χ4n) is 3.53. The summed E-state index contributed by atoms with van der Waals surface area (Å²) in [6.07, 6.45) is 4.83. The molecule has 126 valence electrons. The SMILES string of the molecule is CC1CC(c2ncc3ncc(F)c-3[nH]2)CC(c2ccccc2)N1.Cl. The van der Waals surface area contributed by atoms with Crippen LogP contribution in [0.5, 0.6) is 0 Å². The molecule has 6 heteroatoms. The molecule has 2 N–H and O–H groups in total. The molecular weight excluding hydrogens is 327 g/mol. The molecule has 0 spiro atoms. The minimum Gasteiger partial charge on any atom is -0.339 e. The van der Waals surface area contributed by atoms with Crippen molar-refractivity contribution < 1.29 is 4.39 Å². The average molecular weight is 347 g/mol. The van der Waals surface area contributed by atoms with Crippen LogP contribution in [0.1, 0.15) is 43.1 Å². The van der Waals surface area contributed by atoms with Crippen molar-refractivity contribution in [3.05, 3.63) is 59.9 Å². The van der Waals surface area contributed by atoms with E-state index >= 15 is 0 Å². The van der Waals surface area contributed by atoms with Gasteiger partial charge in [0.15, 0.2) is 5.82 Å². The number of hydrogen-bond acceptors (Lipinski definition) is 3. The normalized spacial score (nSPS) is 23.8. The Balaban J connectivity index is 0.00000169. The summed E-state index contributed by atoms with van der Waals surface area (Å²) < 4.78 is 13.8. The molecule has 0 aliphatic carbocycles. The van der Waals surface area contributed by atoms with Gasteiger partial charge >= 0.3 is 0 Å². The molecule has 1 aromatic rings. The highest BCUT2D eigenvalue weighted by atomic mass is 35.5. The van der Waals surface area contributed by atoms with E-state index in [1.165, 1.54) is 11.8 Å². The van der Waals surface area contributed by atoms with Gasteiger partial charge in [0.05, 0.1) is 12.4 Å². The van der Waals surface area contributed by atoms with Crippen molar-refractivity contribution in [1.29, 1.82) is 0 Å². The van der Waals surface area contributed by atoms with Crippen LogP contribution in [0.25, 0.3) is 11.4 Å². The van der Waals surface area contributed by atoms with Crippen LogP contribution in [0.15, 0.2) is 42.7 Å². The fraction of sp³-hybridized carbons (Fsp3) is 0.333. The van der Waals surface area contributed by atoms with Crippen LogP contribution >= 0.6 is 12.4 Å². The molecule has 3 atom stereocenters. The molecule has 0 amide bonds. The smallest absolute Gasteiger partial charge is 0.167 e. The van der Waals surface area contributed by atoms with E-state index in [-0.39, 0.29) is 24.1 Å². The van der Waals surface area contributed by atoms with Crippen LogP contribution in [0.3, 0.4) is 0 Å². The van der Waals surface area contributed by atoms with Gasteiger partial charge in [-0.2, -0.15) is 0 Å². The van der Waals surface area contributed by atoms with E-state index in [9.17, 15) is 4.39 Å². The Hall–Kier alpha value is -1.98. The van der Waals surface area contributed by atoms with E-state index in [1.54, 1.807) is 6.20 Å². The molecule has 3 aliphatic rings. The zero-order valence-corrected chi connectivity index (χ0v) is 14.2. The Bertz CT molecular complexity index is 776. The molecule has 1 aromatic carbocycles. The van der Waals surface area contributed by atoms with E-state index in [0.717, 1.165) is 18.7 Å². The van der Waals surface area contributed by atoms with Gasteiger partial charge < -0.3 is 10.3 Å². The van der Waals surface area contributed by atoms with E-state index in [2.05, 4.69) is 51.5 Å². The van der Waals surface area contributed by atoms with Crippen molar-refractivity contribution in [3.8, 4) is 11.4 Å². The molecule has 0 aromatic heterocycles. The lowest BCUT2D eigenvalue weighted by atomic mass is 9.85. The number of aromatic nitrogens is 3. The predicted octanol–water partition coefficient (Wildman–Crippen LogP) is 4.07. The number of nitrogens with one attached hydrogen (secondary N) is 2. The number of nitrogens with zero attached hydrogens (tertiary/aromatic N) is 2. The second-order valence-corrected chi connectivity index (χ2v) is 6.33. The number of H-pyrrole nitrogens is 1. The van der Waals surface area contributed by atoms with Crippen molar-refractivity contribution in [3.63, 3.8) is 0 Å². The number of hydrogen-bond donors (Lipinski definition) is 2. The molecule has 24 heavy (non-hydrogen) atoms. The van der Waals surface area contributed by atoms with Gasteiger partial charge in [0, 0.05) is 18.0 Å². The van der Waals surface area contributed by atoms with Crippen LogP contribution < -0.4 is 5.32 Å². The van der Waals surface area contributed by atoms with E-state index in [4.69, 9.17) is 0 Å². The first-order valence-electron chi connectivity index (χ1n) is 8.01. The van der Waals surface area contributed by atoms with Gasteiger partial charge in [-0.1, -0.05) is 30.3 Å². The van der Waals surface area contributed by atoms with E-state index in [0.29, 0.717) is 23.5 Å². The van der Waals surface area contributed by atoms with Gasteiger partial charge in [-0.15, -0.1) is 12.4 Å². The minimum atomic E-state index is -0.315. The molecule has 4 rings (SSSR count). The largest absolute Gasteiger partial charge is 0.339 e. The lowest BCUT2D eigenvalue weighted by Crippen LogP contribution is -2.38. The quantitative estimate of drug-likeness (QED) is 0.735. The summed E-state index contributed by atoms with van der Waals surface area (Å²) in [7, 11) is 0. The predicted molar refractivity (Wildman–Crippen MR) is 94.0 cm³/mol. The molecule has 3 heterocycles. The maximum absolute atomic E-state index is 13.8. The van der Waals surface area contributed by atoms with Crippen molar-refractivity contribution in [2.45, 2.75) is 37.8 Å². The van der Waals surface area contributed by atoms with Crippen molar-refractivity contribution in [2.24, 2.45) is 0 Å². The lowest BCUT2D eigenvalue weighted by molar-refractivity contribution is 0.299. The van der Waals surface area contributed by atoms with Gasteiger partial charge in [-0.05, 0) is 25.3 Å². The highest BCUT2D eigenvalue weighted by Crippen LogP contribution is 2.36. The number of fused-ring (bicyclic) bond motifs is 1. The van der Waals surface area contributed by atoms with Gasteiger partial charge in [0.1, 0.15) is 17.2 Å². The first kappa shape index (κ1) is 16.9. The molecular formula is C18H20ClFN4. The van der Waals surface area contributed by atoms with Gasteiger partial charge in [-0.3, -0.25) is 0 Å². The third kappa shape index (κ3) is 3.14. The topological polar surface area (TPSA) is 53.6 Å². The van der Waals surface area contributed by atoms with Gasteiger partial charge in [0.25, 0.3) is 0 Å². The molecule has 0 radical (unpaired) electrons. The number of rotatable bonds is 2. The maximum atomic E-state index is 13.8. The summed E-state index contributed by atoms with van der Waals surface area (Å²) >= 11 is 0. The monoisotopic (exact) mass is 346 g/mol. The number of piperidine rings is 1. The first-order chi connectivity index (χ1) is 11.2. The summed E-state index contributed by atoms with van der Waals surface area (Å²) in [4.78, 5) is 11.7. The molecule has 4 nitrogen and oxygen atoms in total. The van der Waals surface area contributed by atoms with Crippen LogP contribution in [-0.2, 0) is 0 Å². The Labute approximate surface area is 146 Å². The maximum Gasteiger partial charge on any atom is 0.167 e. The Morgan fingerprint density at radius 1 is 1.08 bits per heavy atom. The van der Waals surface area contributed by atoms with E-state index in [1.807, 2.05) is 6.07 Å². The van der Waals surface area contributed by atoms with Crippen LogP contribution in [-0.4, -0.2) is 21.0 Å². The first-order valence-corrected chi connectivity index (χ1v) is 8.01. The number of halogens is 2. The van der Waals surface area contributed by atoms with Gasteiger partial charge in [-0.25, -0.2) is 14.4 Å². The fourth-order valence-corrected chi connectivity index (χ4v) is 3.53. The average Bonchev–Trinajstić information content (AvgIpc) is 2.96. The number of benzene rings is 1. The number of aromatic amines is 1. The Morgan fingerprint density at radius 2 is 1.88 bits per heavy atom. The zero-order chi connectivity index (χ0) is 15.8. The van der Waals surface area contributed by atoms with Gasteiger partial charge in [0.2, 0.25) is 0 Å². The summed E-state index contributed by atoms with van der Waals surface area (Å²) in [5, 5.41) is 3.65. The molecule has 3 unspecified atom stereocenters. The Morgan fingerprint density at radius 3 is 2.67 bits per heavy atom. The summed E-state index contributed by atoms with van der Waals surface area (Å²) in [5.74, 6) is 0.805. The highest BCUT2D eigenvalue weighted by Gasteiger charge is 2.29. The molecule has 0 bridgehead atoms. The summed E-state index contributed by atoms with van der Waals surface area (Å²) in [6.45, 7) is 2.19. The summed E-state index contributed by atoms with van der Waals surface area (Å²) in [6, 6.07) is 11.1. The lowest BCUT2D eigenvalue weighted by Gasteiger charge is -2.34. The van der Waals surface area contributed by atoms with E-state index < -0.39 is 0 Å². The second-order valence-electron chi connectivity index (χ2n) is 6.33. The molecule has 0 saturated carbocycles. The van der Waals surface area contributed by atoms with Crippen molar-refractivity contribution in [2.75, 3.05) is 0 Å². The van der Waals surface area contributed by atoms with Crippen LogP contribution in [0.4, 0.5) is 4.39 Å². The third-order valence-electron chi connectivity index (χ3n) is 4.62. The minimum absolute atomic E-state index is 0. The highest BCUT2D eigenvalue weighted by molar-refractivity contribution is 5.85. The standard InChI is InChI=1S/C18H19FN4.ClH/c1-11-7-13(8-15(22-11)12-5-3-2-4-6-12)18-21-10-16-17(23-18)14(19)9-20-16;/h2-6,9-11,13,15,22H,7-8H2,1H3,(H,21,23);1H. The molecule has 3 aliphatic heterocycles. The summed E-state index contributed by atoms with van der Waals surface area (Å²) in [5.41, 5.74) is 2.32. The third-order valence-corrected chi connectivity index (χ3v) is 4.62. The van der Waals surface area contributed by atoms with Crippen LogP contribution in [0.2, 0.25) is 0 Å². The van der Waals surface area contributed by atoms with Crippen molar-refractivity contribution in [1.82, 2.24) is 20.3 Å². The molecule has 1 fully saturated rings. The molecule has 1 saturated heterocycles. The zero-order valence-electron chi connectivity index (χ0n) is 13.4. The second kappa shape index (κ2) is 6.87. The van der Waals surface area contributed by atoms with Crippen LogP contribution in [0, 0.1) is 5.82 Å². The van der Waals surface area contributed by atoms with Crippen molar-refractivity contribution >= 4 is 12.4 Å².